The molecule has 1 fully saturated rings. The van der Waals surface area contributed by atoms with Gasteiger partial charge in [-0.15, -0.1) is 0 Å². The molecule has 20 heavy (non-hydrogen) atoms. The molecule has 2 aliphatic rings. The second-order valence-electron chi connectivity index (χ2n) is 6.48. The third kappa shape index (κ3) is 1.78. The summed E-state index contributed by atoms with van der Waals surface area (Å²) in [5, 5.41) is 10.5. The van der Waals surface area contributed by atoms with Crippen LogP contribution in [-0.2, 0) is 26.4 Å². The topological polar surface area (TPSA) is 85.1 Å². The maximum absolute atomic E-state index is 12.3. The molecule has 1 heterocycles. The highest BCUT2D eigenvalue weighted by molar-refractivity contribution is 5.76. The Morgan fingerprint density at radius 2 is 2.10 bits per heavy atom. The van der Waals surface area contributed by atoms with Crippen LogP contribution in [0.15, 0.2) is 24.3 Å². The summed E-state index contributed by atoms with van der Waals surface area (Å²) in [7, 11) is 0. The predicted octanol–water partition coefficient (Wildman–Crippen LogP) is 1.03. The van der Waals surface area contributed by atoms with Crippen LogP contribution in [0, 0.1) is 5.92 Å². The first-order chi connectivity index (χ1) is 9.17. The highest BCUT2D eigenvalue weighted by atomic mass is 16.8. The smallest absolute Gasteiger partial charge is 0.315 e. The van der Waals surface area contributed by atoms with E-state index in [-0.39, 0.29) is 0 Å². The van der Waals surface area contributed by atoms with E-state index in [0.717, 1.165) is 11.1 Å². The number of ether oxygens (including phenoxy) is 2. The molecule has 1 saturated heterocycles. The van der Waals surface area contributed by atoms with Crippen LogP contribution in [0.1, 0.15) is 31.9 Å². The fourth-order valence-electron chi connectivity index (χ4n) is 2.83. The molecule has 0 amide bonds. The first kappa shape index (κ1) is 13.5. The van der Waals surface area contributed by atoms with Gasteiger partial charge in [-0.05, 0) is 32.8 Å². The van der Waals surface area contributed by atoms with Crippen LogP contribution in [0.5, 0.6) is 0 Å². The maximum Gasteiger partial charge on any atom is 0.315 e. The number of carbonyl (C=O) groups excluding carboxylic acids is 1. The van der Waals surface area contributed by atoms with E-state index in [0.29, 0.717) is 6.42 Å². The number of aliphatic hydroxyl groups is 1. The van der Waals surface area contributed by atoms with Crippen LogP contribution >= 0.6 is 0 Å². The van der Waals surface area contributed by atoms with Crippen LogP contribution in [0.2, 0.25) is 0 Å². The van der Waals surface area contributed by atoms with E-state index in [2.05, 4.69) is 0 Å². The van der Waals surface area contributed by atoms with Gasteiger partial charge < -0.3 is 14.6 Å². The zero-order valence-electron chi connectivity index (χ0n) is 11.8. The average Bonchev–Trinajstić information content (AvgIpc) is 2.91. The monoisotopic (exact) mass is 277 g/mol. The fraction of sp³-hybridized carbons (Fsp3) is 0.533. The van der Waals surface area contributed by atoms with Gasteiger partial charge in [0.05, 0.1) is 0 Å². The van der Waals surface area contributed by atoms with Crippen LogP contribution in [0.3, 0.4) is 0 Å². The van der Waals surface area contributed by atoms with Gasteiger partial charge in [0.25, 0.3) is 0 Å². The summed E-state index contributed by atoms with van der Waals surface area (Å²) in [5.74, 6) is -2.95. The zero-order chi connectivity index (χ0) is 14.8. The molecule has 5 nitrogen and oxygen atoms in total. The quantitative estimate of drug-likeness (QED) is 0.591. The van der Waals surface area contributed by atoms with Crippen LogP contribution in [0.4, 0.5) is 0 Å². The number of epoxide rings is 1. The second kappa shape index (κ2) is 3.81. The van der Waals surface area contributed by atoms with Crippen molar-refractivity contribution >= 4 is 5.97 Å². The standard InChI is InChI=1S/C15H19NO4/c1-13(2,3)19-12(17)11-8-9-6-4-5-7-10(9)14(16)15(11,18)20-14/h4-7,11,18H,8,16H2,1-3H3/t11-,14-,15+/m0/s1. The summed E-state index contributed by atoms with van der Waals surface area (Å²) < 4.78 is 10.7. The van der Waals surface area contributed by atoms with Gasteiger partial charge in [0.1, 0.15) is 11.5 Å². The van der Waals surface area contributed by atoms with Gasteiger partial charge in [0.15, 0.2) is 0 Å². The molecule has 0 unspecified atom stereocenters. The highest BCUT2D eigenvalue weighted by Crippen LogP contribution is 2.59. The van der Waals surface area contributed by atoms with Gasteiger partial charge in [-0.25, -0.2) is 0 Å². The number of rotatable bonds is 1. The Morgan fingerprint density at radius 3 is 2.75 bits per heavy atom. The van der Waals surface area contributed by atoms with Crippen molar-refractivity contribution in [2.75, 3.05) is 0 Å². The molecule has 1 aliphatic heterocycles. The molecular weight excluding hydrogens is 258 g/mol. The fourth-order valence-corrected chi connectivity index (χ4v) is 2.83. The molecule has 108 valence electrons. The zero-order valence-corrected chi connectivity index (χ0v) is 11.8. The van der Waals surface area contributed by atoms with E-state index in [4.69, 9.17) is 15.2 Å². The Kier molecular flexibility index (Phi) is 2.58. The number of carbonyl (C=O) groups is 1. The summed E-state index contributed by atoms with van der Waals surface area (Å²) in [6.07, 6.45) is 0.362. The van der Waals surface area contributed by atoms with E-state index in [9.17, 15) is 9.90 Å². The Hall–Kier alpha value is -1.43. The molecule has 3 rings (SSSR count). The molecule has 0 bridgehead atoms. The lowest BCUT2D eigenvalue weighted by atomic mass is 9.79. The van der Waals surface area contributed by atoms with Crippen LogP contribution in [0.25, 0.3) is 0 Å². The maximum atomic E-state index is 12.3. The lowest BCUT2D eigenvalue weighted by Gasteiger charge is -2.30. The van der Waals surface area contributed by atoms with Crippen molar-refractivity contribution in [2.24, 2.45) is 11.7 Å². The van der Waals surface area contributed by atoms with Crippen molar-refractivity contribution in [1.29, 1.82) is 0 Å². The van der Waals surface area contributed by atoms with Gasteiger partial charge in [-0.3, -0.25) is 10.5 Å². The first-order valence-corrected chi connectivity index (χ1v) is 6.70. The minimum absolute atomic E-state index is 0.362. The number of hydrogen-bond donors (Lipinski definition) is 2. The minimum atomic E-state index is -1.66. The SMILES string of the molecule is CC(C)(C)OC(=O)[C@@H]1Cc2ccccc2[C@]2(N)O[C@]12O. The average molecular weight is 277 g/mol. The van der Waals surface area contributed by atoms with Crippen molar-refractivity contribution < 1.29 is 19.4 Å². The molecule has 5 heteroatoms. The number of esters is 1. The predicted molar refractivity (Wildman–Crippen MR) is 71.4 cm³/mol. The largest absolute Gasteiger partial charge is 0.460 e. The first-order valence-electron chi connectivity index (χ1n) is 6.70. The summed E-state index contributed by atoms with van der Waals surface area (Å²) in [4.78, 5) is 12.3. The Morgan fingerprint density at radius 1 is 1.45 bits per heavy atom. The third-order valence-corrected chi connectivity index (χ3v) is 3.81. The molecule has 0 aromatic heterocycles. The third-order valence-electron chi connectivity index (χ3n) is 3.81. The van der Waals surface area contributed by atoms with Gasteiger partial charge in [-0.1, -0.05) is 24.3 Å². The molecule has 0 spiro atoms. The summed E-state index contributed by atoms with van der Waals surface area (Å²) in [5.41, 5.74) is 5.84. The van der Waals surface area contributed by atoms with Crippen molar-refractivity contribution in [2.45, 2.75) is 44.3 Å². The number of nitrogens with two attached hydrogens (primary N) is 1. The van der Waals surface area contributed by atoms with E-state index in [1.807, 2.05) is 24.3 Å². The van der Waals surface area contributed by atoms with Gasteiger partial charge >= 0.3 is 5.97 Å². The van der Waals surface area contributed by atoms with E-state index < -0.39 is 29.0 Å². The Balaban J connectivity index is 1.95. The van der Waals surface area contributed by atoms with Crippen molar-refractivity contribution in [3.63, 3.8) is 0 Å². The normalized spacial score (nSPS) is 35.0. The molecule has 0 saturated carbocycles. The molecule has 1 aromatic rings. The van der Waals surface area contributed by atoms with Crippen LogP contribution < -0.4 is 5.73 Å². The summed E-state index contributed by atoms with van der Waals surface area (Å²) in [6.45, 7) is 5.36. The van der Waals surface area contributed by atoms with Gasteiger partial charge in [-0.2, -0.15) is 0 Å². The Labute approximate surface area is 117 Å². The summed E-state index contributed by atoms with van der Waals surface area (Å²) >= 11 is 0. The molecule has 0 radical (unpaired) electrons. The molecule has 1 aromatic carbocycles. The number of fused-ring (bicyclic) bond motifs is 3. The highest BCUT2D eigenvalue weighted by Gasteiger charge is 2.77. The lowest BCUT2D eigenvalue weighted by molar-refractivity contribution is -0.170. The van der Waals surface area contributed by atoms with Crippen molar-refractivity contribution in [3.8, 4) is 0 Å². The van der Waals surface area contributed by atoms with Crippen molar-refractivity contribution in [1.82, 2.24) is 0 Å². The van der Waals surface area contributed by atoms with E-state index in [1.54, 1.807) is 20.8 Å². The van der Waals surface area contributed by atoms with E-state index in [1.165, 1.54) is 0 Å². The van der Waals surface area contributed by atoms with Gasteiger partial charge in [0.2, 0.25) is 11.5 Å². The molecule has 3 atom stereocenters. The molecule has 3 N–H and O–H groups in total. The van der Waals surface area contributed by atoms with Gasteiger partial charge in [0, 0.05) is 5.56 Å². The number of benzene rings is 1. The second-order valence-corrected chi connectivity index (χ2v) is 6.48. The lowest BCUT2D eigenvalue weighted by Crippen LogP contribution is -2.48. The minimum Gasteiger partial charge on any atom is -0.460 e. The van der Waals surface area contributed by atoms with Crippen molar-refractivity contribution in [3.05, 3.63) is 35.4 Å². The molecule has 1 aliphatic carbocycles. The Bertz CT molecular complexity index is 579. The molecular formula is C15H19NO4. The number of hydrogen-bond acceptors (Lipinski definition) is 5. The summed E-state index contributed by atoms with van der Waals surface area (Å²) in [6, 6.07) is 7.42. The van der Waals surface area contributed by atoms with Crippen LogP contribution in [-0.4, -0.2) is 22.5 Å². The van der Waals surface area contributed by atoms with E-state index >= 15 is 0 Å².